The Kier molecular flexibility index (Phi) is 15.0. The van der Waals surface area contributed by atoms with E-state index in [0.717, 1.165) is 0 Å². The summed E-state index contributed by atoms with van der Waals surface area (Å²) in [5.41, 5.74) is 1.10. The van der Waals surface area contributed by atoms with Crippen LogP contribution >= 0.6 is 0 Å². The second kappa shape index (κ2) is 19.5. The van der Waals surface area contributed by atoms with Crippen LogP contribution in [-0.2, 0) is 51.1 Å². The number of rotatable bonds is 8. The monoisotopic (exact) mass is 792 g/mol. The molecule has 2 aromatic carbocycles. The zero-order valence-electron chi connectivity index (χ0n) is 33.6. The smallest absolute Gasteiger partial charge is 0.329 e. The Bertz CT molecular complexity index is 1780. The van der Waals surface area contributed by atoms with Crippen molar-refractivity contribution in [3.05, 3.63) is 59.7 Å². The molecule has 2 aromatic rings. The van der Waals surface area contributed by atoms with Gasteiger partial charge in [-0.25, -0.2) is 4.79 Å². The molecule has 0 aliphatic carbocycles. The molecular weight excluding hydrogens is 736 g/mol. The third kappa shape index (κ3) is 11.2. The number of likely N-dealkylation sites (N-methyl/N-ethyl adjacent to an activating group) is 1. The van der Waals surface area contributed by atoms with Gasteiger partial charge in [-0.2, -0.15) is 0 Å². The number of hydrogen-bond donors (Lipinski definition) is 6. The van der Waals surface area contributed by atoms with E-state index >= 15 is 0 Å². The zero-order chi connectivity index (χ0) is 42.1. The Balaban J connectivity index is 1.84. The normalized spacial score (nSPS) is 25.8. The summed E-state index contributed by atoms with van der Waals surface area (Å²) in [6, 6.07) is 4.65. The lowest BCUT2D eigenvalue weighted by atomic mass is 9.98. The summed E-state index contributed by atoms with van der Waals surface area (Å²) in [6.45, 7) is 10.1. The van der Waals surface area contributed by atoms with Crippen LogP contribution in [-0.4, -0.2) is 117 Å². The lowest BCUT2D eigenvalue weighted by molar-refractivity contribution is -0.156. The van der Waals surface area contributed by atoms with Crippen molar-refractivity contribution in [3.8, 4) is 11.5 Å². The van der Waals surface area contributed by atoms with Gasteiger partial charge in [-0.3, -0.25) is 28.8 Å². The molecule has 16 heteroatoms. The highest BCUT2D eigenvalue weighted by Gasteiger charge is 2.43. The maximum absolute atomic E-state index is 14.4. The summed E-state index contributed by atoms with van der Waals surface area (Å²) < 4.78 is 5.83. The van der Waals surface area contributed by atoms with Crippen molar-refractivity contribution >= 4 is 41.4 Å². The van der Waals surface area contributed by atoms with E-state index in [1.807, 2.05) is 0 Å². The molecule has 57 heavy (non-hydrogen) atoms. The first-order valence-corrected chi connectivity index (χ1v) is 19.5. The number of amides is 6. The second-order valence-corrected chi connectivity index (χ2v) is 15.5. The number of hydrogen-bond acceptors (Lipinski definition) is 10. The third-order valence-corrected chi connectivity index (χ3v) is 10.5. The van der Waals surface area contributed by atoms with Gasteiger partial charge in [0, 0.05) is 32.9 Å². The molecule has 2 aliphatic heterocycles. The van der Waals surface area contributed by atoms with Gasteiger partial charge in [-0.15, -0.1) is 0 Å². The van der Waals surface area contributed by atoms with E-state index in [9.17, 15) is 43.8 Å². The molecule has 0 bridgehead atoms. The van der Waals surface area contributed by atoms with E-state index in [1.54, 1.807) is 58.9 Å². The number of aromatic hydroxyl groups is 2. The fourth-order valence-electron chi connectivity index (χ4n) is 6.97. The van der Waals surface area contributed by atoms with Crippen molar-refractivity contribution in [2.24, 2.45) is 11.8 Å². The van der Waals surface area contributed by atoms with Gasteiger partial charge in [0.1, 0.15) is 53.9 Å². The highest BCUT2D eigenvalue weighted by molar-refractivity contribution is 5.97. The quantitative estimate of drug-likeness (QED) is 0.210. The van der Waals surface area contributed by atoms with Crippen LogP contribution < -0.4 is 21.3 Å². The Labute approximate surface area is 333 Å². The van der Waals surface area contributed by atoms with E-state index < -0.39 is 95.6 Å². The summed E-state index contributed by atoms with van der Waals surface area (Å²) in [5.74, 6) is -5.70. The molecule has 0 radical (unpaired) electrons. The molecule has 6 amide bonds. The number of ether oxygens (including phenoxy) is 1. The van der Waals surface area contributed by atoms with E-state index in [-0.39, 0.29) is 37.3 Å². The minimum Gasteiger partial charge on any atom is -0.508 e. The van der Waals surface area contributed by atoms with E-state index in [1.165, 1.54) is 48.0 Å². The van der Waals surface area contributed by atoms with Gasteiger partial charge < -0.3 is 46.0 Å². The molecule has 2 heterocycles. The van der Waals surface area contributed by atoms with E-state index in [2.05, 4.69) is 21.3 Å². The first-order valence-electron chi connectivity index (χ1n) is 19.5. The van der Waals surface area contributed by atoms with Crippen molar-refractivity contribution in [2.45, 2.75) is 116 Å². The topological polar surface area (TPSA) is 224 Å². The summed E-state index contributed by atoms with van der Waals surface area (Å²) in [6.07, 6.45) is -0.714. The zero-order valence-corrected chi connectivity index (χ0v) is 33.6. The van der Waals surface area contributed by atoms with Crippen molar-refractivity contribution in [1.82, 2.24) is 31.1 Å². The molecular formula is C41H56N6O10. The van der Waals surface area contributed by atoms with Crippen molar-refractivity contribution in [2.75, 3.05) is 13.6 Å². The second-order valence-electron chi connectivity index (χ2n) is 15.5. The molecule has 6 N–H and O–H groups in total. The lowest BCUT2D eigenvalue weighted by Gasteiger charge is -2.34. The van der Waals surface area contributed by atoms with Crippen LogP contribution in [0.25, 0.3) is 0 Å². The Morgan fingerprint density at radius 2 is 1.32 bits per heavy atom. The van der Waals surface area contributed by atoms with Crippen LogP contribution in [0.2, 0.25) is 0 Å². The molecule has 310 valence electrons. The predicted octanol–water partition coefficient (Wildman–Crippen LogP) is 1.31. The van der Waals surface area contributed by atoms with Gasteiger partial charge in [-0.1, -0.05) is 58.9 Å². The molecule has 2 saturated heterocycles. The van der Waals surface area contributed by atoms with Crippen LogP contribution in [0.15, 0.2) is 48.5 Å². The number of esters is 1. The standard InChI is InChI=1S/C41H56N6O10/c1-8-32(50)43-35-24(6)57-41(56)29(20-25-11-15-27(48)16-12-25)42-37(52)31(21-26-13-17-28(49)18-14-26)46(7)39(54)33(22(2)3)44-36(51)30-10-9-19-47(30)40(55)34(23(4)5)45-38(35)53/h11-18,22-24,29-31,33-35,48-49H,8-10,19-21H2,1-7H3,(H,42,52)(H,43,50)(H,44,51)(H,45,53)/t24-,29+,30+,31+,33+,34+,35+/m1/s1. The number of nitrogens with one attached hydrogen (secondary N) is 4. The SMILES string of the molecule is CCC(=O)N[C@@H]1C(=O)N[C@@H](C(C)C)C(=O)N2CCC[C@H]2C(=O)N[C@@H](C(C)C)C(=O)N(C)[C@@H](Cc2ccc(O)cc2)C(=O)N[C@@H](Cc2ccc(O)cc2)C(=O)O[C@@H]1C. The largest absolute Gasteiger partial charge is 0.508 e. The van der Waals surface area contributed by atoms with Crippen LogP contribution in [0, 0.1) is 11.8 Å². The average Bonchev–Trinajstić information content (AvgIpc) is 3.67. The minimum atomic E-state index is -1.46. The Morgan fingerprint density at radius 1 is 0.789 bits per heavy atom. The van der Waals surface area contributed by atoms with Crippen molar-refractivity contribution in [1.29, 1.82) is 0 Å². The Hall–Kier alpha value is -5.67. The maximum Gasteiger partial charge on any atom is 0.329 e. The Morgan fingerprint density at radius 3 is 1.86 bits per heavy atom. The fraction of sp³-hybridized carbons (Fsp3) is 0.537. The number of benzene rings is 2. The number of fused-ring (bicyclic) bond motifs is 1. The van der Waals surface area contributed by atoms with Gasteiger partial charge in [0.25, 0.3) is 0 Å². The summed E-state index contributed by atoms with van der Waals surface area (Å²) in [5, 5.41) is 30.7. The highest BCUT2D eigenvalue weighted by Crippen LogP contribution is 2.23. The van der Waals surface area contributed by atoms with Gasteiger partial charge in [0.15, 0.2) is 0 Å². The molecule has 4 rings (SSSR count). The van der Waals surface area contributed by atoms with Crippen molar-refractivity contribution in [3.63, 3.8) is 0 Å². The number of phenols is 2. The molecule has 0 unspecified atom stereocenters. The molecule has 16 nitrogen and oxygen atoms in total. The van der Waals surface area contributed by atoms with Crippen molar-refractivity contribution < 1.29 is 48.5 Å². The first-order chi connectivity index (χ1) is 26.9. The van der Waals surface area contributed by atoms with Gasteiger partial charge in [0.05, 0.1) is 0 Å². The average molecular weight is 793 g/mol. The fourth-order valence-corrected chi connectivity index (χ4v) is 6.97. The van der Waals surface area contributed by atoms with Crippen LogP contribution in [0.1, 0.15) is 71.9 Å². The van der Waals surface area contributed by atoms with Gasteiger partial charge in [-0.05, 0) is 67.0 Å². The summed E-state index contributed by atoms with van der Waals surface area (Å²) >= 11 is 0. The third-order valence-electron chi connectivity index (χ3n) is 10.5. The van der Waals surface area contributed by atoms with Gasteiger partial charge >= 0.3 is 5.97 Å². The maximum atomic E-state index is 14.4. The summed E-state index contributed by atoms with van der Waals surface area (Å²) in [7, 11) is 1.42. The molecule has 0 aromatic heterocycles. The first kappa shape index (κ1) is 44.0. The number of nitrogens with zero attached hydrogens (tertiary/aromatic N) is 2. The number of phenolic OH excluding ortho intramolecular Hbond substituents is 2. The van der Waals surface area contributed by atoms with Crippen LogP contribution in [0.3, 0.4) is 0 Å². The van der Waals surface area contributed by atoms with E-state index in [0.29, 0.717) is 24.0 Å². The lowest BCUT2D eigenvalue weighted by Crippen LogP contribution is -2.61. The van der Waals surface area contributed by atoms with Gasteiger partial charge in [0.2, 0.25) is 35.4 Å². The number of carbonyl (C=O) groups excluding carboxylic acids is 7. The molecule has 7 atom stereocenters. The van der Waals surface area contributed by atoms with E-state index in [4.69, 9.17) is 4.74 Å². The number of carbonyl (C=O) groups is 7. The van der Waals surface area contributed by atoms with Crippen LogP contribution in [0.4, 0.5) is 0 Å². The molecule has 2 fully saturated rings. The highest BCUT2D eigenvalue weighted by atomic mass is 16.5. The minimum absolute atomic E-state index is 0.00683. The predicted molar refractivity (Wildman–Crippen MR) is 208 cm³/mol. The summed E-state index contributed by atoms with van der Waals surface area (Å²) in [4.78, 5) is 100. The van der Waals surface area contributed by atoms with Crippen LogP contribution in [0.5, 0.6) is 11.5 Å². The molecule has 0 saturated carbocycles. The number of cyclic esters (lactones) is 1. The molecule has 0 spiro atoms. The molecule has 2 aliphatic rings.